The number of guanidine groups is 2. The Morgan fingerprint density at radius 2 is 1.42 bits per heavy atom. The van der Waals surface area contributed by atoms with Crippen molar-refractivity contribution < 1.29 is 43.2 Å². The minimum absolute atomic E-state index is 0.0181. The standard InChI is InChI=1S/C51H72Cl2N14O9/c1-28(68)63-39(13-7-21-61-51(58)59)47(74)65-40-17-15-33(69)9-2-4-12-38(45(55)72)64-46(73)31(24-32-27-62-37-11-5-3-10-34(32)37)26-43(70)30(8-6-20-60-50(56)57)25-44(71)42(23-29-14-16-35(52)36(53)22-29)67-49(76)41(18-19-54)66-48(40)75/h3,5,10-11,14,16,22,27,30-31,38-42,62H,2,4,6-9,12-13,15,17-21,23-26,54H2,1H3,(H2,55,72)(H,63,68)(H,64,73)(H,65,74)(H,66,75)(H,67,76)(H4,56,57,60)(H4,58,59,61)/t30-,31-,38+,39+,40+,41+,42-/m1/s1. The number of hydrogen-bond acceptors (Lipinski definition) is 12. The van der Waals surface area contributed by atoms with Gasteiger partial charge in [-0.3, -0.25) is 53.1 Å². The number of halogens is 2. The molecule has 0 saturated carbocycles. The molecule has 2 heterocycles. The molecule has 23 nitrogen and oxygen atoms in total. The van der Waals surface area contributed by atoms with Crippen molar-refractivity contribution in [3.63, 3.8) is 0 Å². The number of carbonyl (C=O) groups excluding carboxylic acids is 9. The van der Waals surface area contributed by atoms with Crippen LogP contribution in [-0.4, -0.2) is 120 Å². The number of Topliss-reactive ketones (excluding diaryl/α,β-unsaturated/α-hetero) is 3. The van der Waals surface area contributed by atoms with E-state index in [1.165, 1.54) is 19.1 Å². The number of nitrogens with one attached hydrogen (secondary N) is 6. The van der Waals surface area contributed by atoms with Gasteiger partial charge in [0.1, 0.15) is 35.7 Å². The highest BCUT2D eigenvalue weighted by Crippen LogP contribution is 2.28. The van der Waals surface area contributed by atoms with Crippen molar-refractivity contribution in [3.05, 3.63) is 69.8 Å². The summed E-state index contributed by atoms with van der Waals surface area (Å²) in [7, 11) is 0. The molecule has 7 atom stereocenters. The van der Waals surface area contributed by atoms with Gasteiger partial charge in [0.05, 0.1) is 16.1 Å². The van der Waals surface area contributed by atoms with Crippen molar-refractivity contribution in [3.8, 4) is 0 Å². The minimum atomic E-state index is -1.44. The number of primary amides is 1. The van der Waals surface area contributed by atoms with Gasteiger partial charge in [0.15, 0.2) is 17.7 Å². The fourth-order valence-corrected chi connectivity index (χ4v) is 9.22. The monoisotopic (exact) mass is 1090 g/mol. The first kappa shape index (κ1) is 61.4. The predicted octanol–water partition coefficient (Wildman–Crippen LogP) is 0.719. The number of carbonyl (C=O) groups is 9. The number of rotatable bonds is 18. The SMILES string of the molecule is CC(=O)N[C@@H](CCCN=C(N)N)C(=O)N[C@H]1CCC(=O)CCCC[C@@H](C(N)=O)NC(=O)[C@H](Cc2c[nH]c3ccccc23)CC(=O)[C@H](CCCN=C(N)N)CC(=O)[C@@H](Cc2ccc(Cl)c(Cl)c2)NC(=O)[C@H](CCN)NC1=O. The van der Waals surface area contributed by atoms with Crippen molar-refractivity contribution in [2.45, 2.75) is 133 Å². The number of aliphatic imine (C=N–C) groups is 2. The van der Waals surface area contributed by atoms with Crippen LogP contribution >= 0.6 is 23.2 Å². The normalized spacial score (nSPS) is 21.3. The number of nitrogens with zero attached hydrogens (tertiary/aromatic N) is 2. The van der Waals surface area contributed by atoms with E-state index in [2.05, 4.69) is 41.6 Å². The van der Waals surface area contributed by atoms with Gasteiger partial charge in [-0.15, -0.1) is 0 Å². The predicted molar refractivity (Wildman–Crippen MR) is 289 cm³/mol. The Bertz CT molecular complexity index is 2600. The highest BCUT2D eigenvalue weighted by Gasteiger charge is 2.35. The lowest BCUT2D eigenvalue weighted by molar-refractivity contribution is -0.135. The molecule has 1 aliphatic heterocycles. The molecule has 0 spiro atoms. The molecule has 18 N–H and O–H groups in total. The third-order valence-electron chi connectivity index (χ3n) is 12.9. The van der Waals surface area contributed by atoms with E-state index >= 15 is 0 Å². The minimum Gasteiger partial charge on any atom is -0.370 e. The molecule has 6 amide bonds. The van der Waals surface area contributed by atoms with Crippen LogP contribution in [0.3, 0.4) is 0 Å². The lowest BCUT2D eigenvalue weighted by atomic mass is 9.83. The maximum atomic E-state index is 14.8. The molecule has 0 unspecified atom stereocenters. The lowest BCUT2D eigenvalue weighted by Crippen LogP contribution is -2.58. The second-order valence-electron chi connectivity index (χ2n) is 18.9. The summed E-state index contributed by atoms with van der Waals surface area (Å²) in [4.78, 5) is 136. The molecule has 1 aromatic heterocycles. The largest absolute Gasteiger partial charge is 0.370 e. The lowest BCUT2D eigenvalue weighted by Gasteiger charge is -2.27. The van der Waals surface area contributed by atoms with Crippen LogP contribution in [0.25, 0.3) is 10.9 Å². The summed E-state index contributed by atoms with van der Waals surface area (Å²) in [5.74, 6) is -8.38. The number of para-hydroxylation sites is 1. The Morgan fingerprint density at radius 3 is 2.09 bits per heavy atom. The maximum absolute atomic E-state index is 14.8. The van der Waals surface area contributed by atoms with Gasteiger partial charge in [-0.05, 0) is 100 Å². The fourth-order valence-electron chi connectivity index (χ4n) is 8.90. The Kier molecular flexibility index (Phi) is 25.1. The van der Waals surface area contributed by atoms with E-state index < -0.39 is 95.5 Å². The van der Waals surface area contributed by atoms with Crippen LogP contribution in [0.15, 0.2) is 58.6 Å². The Morgan fingerprint density at radius 1 is 0.737 bits per heavy atom. The third-order valence-corrected chi connectivity index (χ3v) is 13.7. The summed E-state index contributed by atoms with van der Waals surface area (Å²) in [5.41, 5.74) is 35.8. The number of H-pyrrole nitrogens is 1. The molecule has 4 rings (SSSR count). The van der Waals surface area contributed by atoms with Gasteiger partial charge < -0.3 is 66.0 Å². The van der Waals surface area contributed by atoms with E-state index in [0.717, 1.165) is 10.9 Å². The van der Waals surface area contributed by atoms with Crippen LogP contribution < -0.4 is 61.0 Å². The highest BCUT2D eigenvalue weighted by molar-refractivity contribution is 6.42. The quantitative estimate of drug-likeness (QED) is 0.0475. The molecule has 2 aromatic carbocycles. The summed E-state index contributed by atoms with van der Waals surface area (Å²) < 4.78 is 0. The molecule has 0 bridgehead atoms. The van der Waals surface area contributed by atoms with Gasteiger partial charge in [-0.2, -0.15) is 0 Å². The van der Waals surface area contributed by atoms with Crippen molar-refractivity contribution in [2.75, 3.05) is 19.6 Å². The summed E-state index contributed by atoms with van der Waals surface area (Å²) in [6, 6.07) is 5.49. The molecule has 3 aromatic rings. The third kappa shape index (κ3) is 20.5. The van der Waals surface area contributed by atoms with Gasteiger partial charge in [0.2, 0.25) is 35.4 Å². The second-order valence-corrected chi connectivity index (χ2v) is 19.8. The van der Waals surface area contributed by atoms with E-state index in [9.17, 15) is 43.2 Å². The topological polar surface area (TPSA) is 410 Å². The summed E-state index contributed by atoms with van der Waals surface area (Å²) in [6.45, 7) is 1.31. The van der Waals surface area contributed by atoms with Crippen molar-refractivity contribution in [2.24, 2.45) is 56.2 Å². The zero-order valence-electron chi connectivity index (χ0n) is 42.7. The van der Waals surface area contributed by atoms with E-state index in [1.807, 2.05) is 24.3 Å². The van der Waals surface area contributed by atoms with Gasteiger partial charge in [0, 0.05) is 74.6 Å². The van der Waals surface area contributed by atoms with Crippen molar-refractivity contribution >= 4 is 98.8 Å². The molecule has 0 aliphatic carbocycles. The Hall–Kier alpha value is -7.11. The van der Waals surface area contributed by atoms with Crippen molar-refractivity contribution in [1.29, 1.82) is 0 Å². The number of hydrogen-bond donors (Lipinski definition) is 12. The maximum Gasteiger partial charge on any atom is 0.243 e. The molecule has 0 radical (unpaired) electrons. The van der Waals surface area contributed by atoms with Crippen LogP contribution in [0, 0.1) is 11.8 Å². The molecular weight excluding hydrogens is 1020 g/mol. The van der Waals surface area contributed by atoms with Crippen LogP contribution in [0.4, 0.5) is 0 Å². The second kappa shape index (κ2) is 31.1. The number of fused-ring (bicyclic) bond motifs is 1. The zero-order valence-corrected chi connectivity index (χ0v) is 44.2. The summed E-state index contributed by atoms with van der Waals surface area (Å²) in [5, 5.41) is 14.5. The smallest absolute Gasteiger partial charge is 0.243 e. The zero-order chi connectivity index (χ0) is 55.9. The van der Waals surface area contributed by atoms with E-state index in [-0.39, 0.29) is 137 Å². The highest BCUT2D eigenvalue weighted by atomic mass is 35.5. The molecule has 76 heavy (non-hydrogen) atoms. The van der Waals surface area contributed by atoms with Crippen LogP contribution in [-0.2, 0) is 56.0 Å². The fraction of sp³-hybridized carbons (Fsp3) is 0.510. The van der Waals surface area contributed by atoms with Crippen LogP contribution in [0.2, 0.25) is 10.0 Å². The first-order valence-electron chi connectivity index (χ1n) is 25.3. The number of nitrogens with two attached hydrogens (primary N) is 6. The number of benzene rings is 2. The van der Waals surface area contributed by atoms with Crippen LogP contribution in [0.5, 0.6) is 0 Å². The van der Waals surface area contributed by atoms with Gasteiger partial charge in [-0.1, -0.05) is 53.9 Å². The van der Waals surface area contributed by atoms with E-state index in [4.69, 9.17) is 57.6 Å². The molecule has 25 heteroatoms. The van der Waals surface area contributed by atoms with Gasteiger partial charge in [0.25, 0.3) is 0 Å². The number of aromatic nitrogens is 1. The molecule has 1 aliphatic rings. The van der Waals surface area contributed by atoms with Crippen LogP contribution in [0.1, 0.15) is 102 Å². The molecule has 1 saturated heterocycles. The average molecular weight is 1100 g/mol. The number of aromatic amines is 1. The summed E-state index contributed by atoms with van der Waals surface area (Å²) in [6.07, 6.45) is 1.35. The Balaban J connectivity index is 1.78. The molecule has 414 valence electrons. The number of amides is 6. The van der Waals surface area contributed by atoms with Gasteiger partial charge in [-0.25, -0.2) is 0 Å². The summed E-state index contributed by atoms with van der Waals surface area (Å²) >= 11 is 12.6. The first-order valence-corrected chi connectivity index (χ1v) is 26.1. The van der Waals surface area contributed by atoms with E-state index in [0.29, 0.717) is 11.1 Å². The molecular formula is C51H72Cl2N14O9. The molecule has 1 fully saturated rings. The van der Waals surface area contributed by atoms with Crippen molar-refractivity contribution in [1.82, 2.24) is 31.6 Å². The first-order chi connectivity index (χ1) is 36.1. The Labute approximate surface area is 451 Å². The average Bonchev–Trinajstić information content (AvgIpc) is 3.77. The van der Waals surface area contributed by atoms with Gasteiger partial charge >= 0.3 is 0 Å². The number of ketones is 3. The van der Waals surface area contributed by atoms with E-state index in [1.54, 1.807) is 12.3 Å².